The van der Waals surface area contributed by atoms with Gasteiger partial charge in [-0.2, -0.15) is 0 Å². The highest BCUT2D eigenvalue weighted by atomic mass is 16.4. The average molecular weight is 520 g/mol. The van der Waals surface area contributed by atoms with E-state index in [4.69, 9.17) is 10.7 Å². The van der Waals surface area contributed by atoms with Gasteiger partial charge in [0.15, 0.2) is 5.82 Å². The molecular weight excluding hydrogens is 478 g/mol. The third-order valence-electron chi connectivity index (χ3n) is 10.6. The molecule has 2 aromatic rings. The zero-order chi connectivity index (χ0) is 26.0. The summed E-state index contributed by atoms with van der Waals surface area (Å²) in [7, 11) is 0. The fourth-order valence-electron chi connectivity index (χ4n) is 8.94. The number of carboxylic acids is 1. The third-order valence-corrected chi connectivity index (χ3v) is 10.6. The highest BCUT2D eigenvalue weighted by molar-refractivity contribution is 5.84. The topological polar surface area (TPSA) is 105 Å². The number of hydrogen-bond donors (Lipinski definition) is 2. The fraction of sp³-hybridized carbons (Fsp3) is 0.700. The first-order valence-electron chi connectivity index (χ1n) is 15.0. The van der Waals surface area contributed by atoms with Gasteiger partial charge in [-0.15, -0.1) is 0 Å². The summed E-state index contributed by atoms with van der Waals surface area (Å²) in [5.74, 6) is 1.13. The molecule has 5 fully saturated rings. The number of carboxylic acid groups (broad SMARTS) is 1. The van der Waals surface area contributed by atoms with E-state index in [2.05, 4.69) is 4.90 Å². The predicted octanol–water partition coefficient (Wildman–Crippen LogP) is 3.92. The standard InChI is InChI=1S/C30H41N5O3/c31-30(29(37)38)17-33(18-30)27-28(36)35(26-11-4-3-10-25(26)32-27)24-15-21-8-5-9-22(16-24)34(21)23-13-19-6-1-2-7-20(12-19)14-23/h3-4,10-11,19-24H,1-2,5-9,12-18,31H2,(H,37,38)/t19?,20?,21-,22+,23?,24?. The van der Waals surface area contributed by atoms with Gasteiger partial charge in [-0.3, -0.25) is 14.5 Å². The Morgan fingerprint density at radius 3 is 2.18 bits per heavy atom. The van der Waals surface area contributed by atoms with Crippen molar-refractivity contribution < 1.29 is 9.90 Å². The van der Waals surface area contributed by atoms with Crippen LogP contribution in [0.15, 0.2) is 29.1 Å². The van der Waals surface area contributed by atoms with Gasteiger partial charge in [0, 0.05) is 24.2 Å². The zero-order valence-corrected chi connectivity index (χ0v) is 22.3. The van der Waals surface area contributed by atoms with E-state index in [0.717, 1.165) is 35.7 Å². The molecule has 0 amide bonds. The number of nitrogens with zero attached hydrogens (tertiary/aromatic N) is 4. The monoisotopic (exact) mass is 519 g/mol. The van der Waals surface area contributed by atoms with Gasteiger partial charge in [0.05, 0.1) is 24.1 Å². The summed E-state index contributed by atoms with van der Waals surface area (Å²) in [6.45, 7) is 0.216. The van der Waals surface area contributed by atoms with Crippen LogP contribution < -0.4 is 16.2 Å². The first-order chi connectivity index (χ1) is 18.4. The highest BCUT2D eigenvalue weighted by Crippen LogP contribution is 2.47. The van der Waals surface area contributed by atoms with Crippen molar-refractivity contribution in [1.82, 2.24) is 14.5 Å². The van der Waals surface area contributed by atoms with E-state index in [1.807, 2.05) is 28.8 Å². The molecule has 38 heavy (non-hydrogen) atoms. The van der Waals surface area contributed by atoms with Crippen LogP contribution in [0.1, 0.15) is 83.1 Å². The van der Waals surface area contributed by atoms with E-state index in [1.165, 1.54) is 64.2 Å². The Kier molecular flexibility index (Phi) is 6.04. The number of carbonyl (C=O) groups is 1. The molecule has 3 N–H and O–H groups in total. The molecule has 3 aliphatic heterocycles. The second kappa shape index (κ2) is 9.33. The maximum absolute atomic E-state index is 14.0. The Morgan fingerprint density at radius 2 is 1.53 bits per heavy atom. The van der Waals surface area contributed by atoms with E-state index in [1.54, 1.807) is 4.90 Å². The van der Waals surface area contributed by atoms with Crippen LogP contribution in [0.5, 0.6) is 0 Å². The van der Waals surface area contributed by atoms with Crippen molar-refractivity contribution in [1.29, 1.82) is 0 Å². The molecule has 2 aliphatic carbocycles. The number of aromatic nitrogens is 2. The van der Waals surface area contributed by atoms with E-state index in [-0.39, 0.29) is 24.7 Å². The van der Waals surface area contributed by atoms with Gasteiger partial charge in [0.25, 0.3) is 5.56 Å². The molecule has 8 heteroatoms. The molecule has 204 valence electrons. The summed E-state index contributed by atoms with van der Waals surface area (Å²) < 4.78 is 2.01. The van der Waals surface area contributed by atoms with E-state index in [0.29, 0.717) is 23.9 Å². The molecule has 4 bridgehead atoms. The van der Waals surface area contributed by atoms with Crippen molar-refractivity contribution >= 4 is 22.8 Å². The lowest BCUT2D eigenvalue weighted by Crippen LogP contribution is -2.72. The summed E-state index contributed by atoms with van der Waals surface area (Å²) in [5.41, 5.74) is 6.29. The molecule has 7 rings (SSSR count). The lowest BCUT2D eigenvalue weighted by atomic mass is 9.73. The van der Waals surface area contributed by atoms with Crippen molar-refractivity contribution in [2.75, 3.05) is 18.0 Å². The van der Waals surface area contributed by atoms with Crippen LogP contribution in [0.3, 0.4) is 0 Å². The summed E-state index contributed by atoms with van der Waals surface area (Å²) >= 11 is 0. The van der Waals surface area contributed by atoms with Crippen LogP contribution in [0.4, 0.5) is 5.82 Å². The lowest BCUT2D eigenvalue weighted by Gasteiger charge is -2.54. The molecule has 4 heterocycles. The minimum Gasteiger partial charge on any atom is -0.480 e. The molecule has 8 nitrogen and oxygen atoms in total. The van der Waals surface area contributed by atoms with Crippen molar-refractivity contribution in [3.8, 4) is 0 Å². The minimum absolute atomic E-state index is 0.101. The van der Waals surface area contributed by atoms with Crippen LogP contribution >= 0.6 is 0 Å². The predicted molar refractivity (Wildman–Crippen MR) is 147 cm³/mol. The molecule has 0 spiro atoms. The number of para-hydroxylation sites is 2. The number of anilines is 1. The number of piperidine rings is 2. The number of rotatable bonds is 4. The molecular formula is C30H41N5O3. The Balaban J connectivity index is 1.20. The Morgan fingerprint density at radius 1 is 0.868 bits per heavy atom. The van der Waals surface area contributed by atoms with Crippen LogP contribution in [-0.2, 0) is 4.79 Å². The number of hydrogen-bond acceptors (Lipinski definition) is 6. The van der Waals surface area contributed by atoms with Crippen molar-refractivity contribution in [2.24, 2.45) is 17.6 Å². The maximum Gasteiger partial charge on any atom is 0.327 e. The van der Waals surface area contributed by atoms with E-state index < -0.39 is 11.5 Å². The summed E-state index contributed by atoms with van der Waals surface area (Å²) in [4.78, 5) is 35.0. The molecule has 5 aliphatic rings. The Hall–Kier alpha value is -2.45. The molecule has 3 saturated heterocycles. The van der Waals surface area contributed by atoms with Gasteiger partial charge in [-0.05, 0) is 68.9 Å². The molecule has 2 saturated carbocycles. The van der Waals surface area contributed by atoms with Crippen LogP contribution in [0.25, 0.3) is 11.0 Å². The Bertz CT molecular complexity index is 1260. The number of nitrogens with two attached hydrogens (primary N) is 1. The third kappa shape index (κ3) is 4.06. The molecule has 5 atom stereocenters. The summed E-state index contributed by atoms with van der Waals surface area (Å²) in [6, 6.07) is 9.83. The van der Waals surface area contributed by atoms with Gasteiger partial charge in [0.2, 0.25) is 0 Å². The number of fused-ring (bicyclic) bond motifs is 5. The number of aliphatic carboxylic acids is 1. The highest BCUT2D eigenvalue weighted by Gasteiger charge is 2.49. The summed E-state index contributed by atoms with van der Waals surface area (Å²) in [6.07, 6.45) is 15.6. The number of benzene rings is 1. The van der Waals surface area contributed by atoms with Gasteiger partial charge < -0.3 is 20.3 Å². The molecule has 1 aromatic heterocycles. The maximum atomic E-state index is 14.0. The molecule has 1 aromatic carbocycles. The van der Waals surface area contributed by atoms with Gasteiger partial charge in [-0.1, -0.05) is 44.2 Å². The van der Waals surface area contributed by atoms with Crippen molar-refractivity contribution in [3.63, 3.8) is 0 Å². The smallest absolute Gasteiger partial charge is 0.327 e. The Labute approximate surface area is 224 Å². The van der Waals surface area contributed by atoms with Crippen molar-refractivity contribution in [3.05, 3.63) is 34.6 Å². The normalized spacial score (nSPS) is 34.9. The van der Waals surface area contributed by atoms with Crippen molar-refractivity contribution in [2.45, 2.75) is 107 Å². The lowest BCUT2D eigenvalue weighted by molar-refractivity contribution is -0.144. The summed E-state index contributed by atoms with van der Waals surface area (Å²) in [5, 5.41) is 9.49. The van der Waals surface area contributed by atoms with Gasteiger partial charge >= 0.3 is 5.97 Å². The van der Waals surface area contributed by atoms with E-state index >= 15 is 0 Å². The first kappa shape index (κ1) is 24.6. The fourth-order valence-corrected chi connectivity index (χ4v) is 8.94. The molecule has 3 unspecified atom stereocenters. The average Bonchev–Trinajstić information content (AvgIpc) is 3.05. The van der Waals surface area contributed by atoms with Gasteiger partial charge in [-0.25, -0.2) is 4.98 Å². The second-order valence-electron chi connectivity index (χ2n) is 13.1. The van der Waals surface area contributed by atoms with Gasteiger partial charge in [0.1, 0.15) is 5.54 Å². The van der Waals surface area contributed by atoms with Crippen LogP contribution in [0, 0.1) is 11.8 Å². The largest absolute Gasteiger partial charge is 0.480 e. The zero-order valence-electron chi connectivity index (χ0n) is 22.3. The quantitative estimate of drug-likeness (QED) is 0.631. The molecule has 0 radical (unpaired) electrons. The second-order valence-corrected chi connectivity index (χ2v) is 13.1. The first-order valence-corrected chi connectivity index (χ1v) is 15.0. The van der Waals surface area contributed by atoms with E-state index in [9.17, 15) is 14.7 Å². The SMILES string of the molecule is NC1(C(=O)O)CN(c2nc3ccccc3n(C3C[C@H]4CCC[C@@H](C3)N4C3CC4CCCCC(C4)C3)c2=O)C1. The minimum atomic E-state index is -1.32. The van der Waals surface area contributed by atoms with Crippen LogP contribution in [0.2, 0.25) is 0 Å². The van der Waals surface area contributed by atoms with Crippen LogP contribution in [-0.4, -0.2) is 62.3 Å².